The molecule has 1 amide bonds. The van der Waals surface area contributed by atoms with E-state index in [0.717, 1.165) is 6.42 Å². The maximum atomic E-state index is 11.6. The van der Waals surface area contributed by atoms with E-state index in [-0.39, 0.29) is 12.6 Å². The van der Waals surface area contributed by atoms with Crippen LogP contribution in [0.15, 0.2) is 42.5 Å². The third kappa shape index (κ3) is 8.15. The molecule has 0 aliphatic carbocycles. The number of hydrogen-bond donors (Lipinski definition) is 2. The molecule has 1 aromatic carbocycles. The highest BCUT2D eigenvalue weighted by Crippen LogP contribution is 2.07. The zero-order valence-corrected chi connectivity index (χ0v) is 13.0. The Hall–Kier alpha value is -1.81. The average Bonchev–Trinajstić information content (AvgIpc) is 2.41. The van der Waals surface area contributed by atoms with Crippen LogP contribution in [-0.4, -0.2) is 29.4 Å². The Kier molecular flexibility index (Phi) is 6.96. The number of amides is 1. The number of nitrogens with one attached hydrogen (secondary N) is 1. The minimum Gasteiger partial charge on any atom is -0.444 e. The molecule has 0 aliphatic rings. The lowest BCUT2D eigenvalue weighted by atomic mass is 10.1. The maximum Gasteiger partial charge on any atom is 0.407 e. The molecule has 0 heterocycles. The van der Waals surface area contributed by atoms with Gasteiger partial charge in [-0.05, 0) is 39.2 Å². The maximum absolute atomic E-state index is 11.6. The predicted molar refractivity (Wildman–Crippen MR) is 84.1 cm³/mol. The molecule has 116 valence electrons. The number of aliphatic hydroxyl groups excluding tert-OH is 1. The first-order valence-electron chi connectivity index (χ1n) is 7.20. The Balaban J connectivity index is 2.35. The summed E-state index contributed by atoms with van der Waals surface area (Å²) in [7, 11) is 0. The molecule has 0 bridgehead atoms. The van der Waals surface area contributed by atoms with Gasteiger partial charge in [-0.1, -0.05) is 42.5 Å². The molecule has 0 aliphatic heterocycles. The van der Waals surface area contributed by atoms with Crippen molar-refractivity contribution in [2.75, 3.05) is 6.61 Å². The fraction of sp³-hybridized carbons (Fsp3) is 0.471. The highest BCUT2D eigenvalue weighted by Gasteiger charge is 2.18. The highest BCUT2D eigenvalue weighted by atomic mass is 16.6. The summed E-state index contributed by atoms with van der Waals surface area (Å²) in [5.41, 5.74) is 0.696. The first-order valence-corrected chi connectivity index (χ1v) is 7.20. The van der Waals surface area contributed by atoms with Gasteiger partial charge in [-0.2, -0.15) is 0 Å². The summed E-state index contributed by atoms with van der Waals surface area (Å²) in [5.74, 6) is 0. The van der Waals surface area contributed by atoms with Gasteiger partial charge >= 0.3 is 6.09 Å². The van der Waals surface area contributed by atoms with E-state index in [1.165, 1.54) is 5.56 Å². The molecule has 21 heavy (non-hydrogen) atoms. The van der Waals surface area contributed by atoms with Crippen LogP contribution < -0.4 is 5.32 Å². The number of allylic oxidation sites excluding steroid dienone is 1. The van der Waals surface area contributed by atoms with Crippen LogP contribution in [0.4, 0.5) is 4.79 Å². The largest absolute Gasteiger partial charge is 0.444 e. The Morgan fingerprint density at radius 1 is 1.29 bits per heavy atom. The van der Waals surface area contributed by atoms with Crippen molar-refractivity contribution in [3.63, 3.8) is 0 Å². The summed E-state index contributed by atoms with van der Waals surface area (Å²) >= 11 is 0. The van der Waals surface area contributed by atoms with E-state index in [9.17, 15) is 9.90 Å². The number of carbonyl (C=O) groups excluding carboxylic acids is 1. The minimum atomic E-state index is -0.534. The summed E-state index contributed by atoms with van der Waals surface area (Å²) in [4.78, 5) is 11.6. The van der Waals surface area contributed by atoms with Crippen LogP contribution >= 0.6 is 0 Å². The van der Waals surface area contributed by atoms with Crippen molar-refractivity contribution < 1.29 is 14.6 Å². The molecule has 4 heteroatoms. The molecule has 1 atom stereocenters. The van der Waals surface area contributed by atoms with E-state index in [2.05, 4.69) is 17.4 Å². The zero-order chi connectivity index (χ0) is 15.7. The van der Waals surface area contributed by atoms with Crippen molar-refractivity contribution in [2.45, 2.75) is 45.3 Å². The van der Waals surface area contributed by atoms with Crippen molar-refractivity contribution in [3.05, 3.63) is 48.0 Å². The molecule has 0 radical (unpaired) electrons. The Morgan fingerprint density at radius 3 is 2.52 bits per heavy atom. The van der Waals surface area contributed by atoms with Gasteiger partial charge in [-0.3, -0.25) is 0 Å². The summed E-state index contributed by atoms with van der Waals surface area (Å²) < 4.78 is 5.16. The van der Waals surface area contributed by atoms with Gasteiger partial charge in [0.15, 0.2) is 0 Å². The second-order valence-electron chi connectivity index (χ2n) is 5.92. The standard InChI is InChI=1S/C17H25NO3/c1-17(2,3)21-16(20)18-15(13-19)12-8-7-11-14-9-5-4-6-10-14/h4-10,15,19H,11-13H2,1-3H3,(H,18,20)/t15-/m0/s1. The smallest absolute Gasteiger partial charge is 0.407 e. The molecule has 0 saturated heterocycles. The fourth-order valence-electron chi connectivity index (χ4n) is 1.75. The molecule has 1 aromatic rings. The number of aliphatic hydroxyl groups is 1. The monoisotopic (exact) mass is 291 g/mol. The summed E-state index contributed by atoms with van der Waals surface area (Å²) in [6.45, 7) is 5.30. The molecule has 0 fully saturated rings. The summed E-state index contributed by atoms with van der Waals surface area (Å²) in [6.07, 6.45) is 4.91. The molecule has 0 saturated carbocycles. The Labute approximate surface area is 126 Å². The second-order valence-corrected chi connectivity index (χ2v) is 5.92. The average molecular weight is 291 g/mol. The third-order valence-corrected chi connectivity index (χ3v) is 2.72. The van der Waals surface area contributed by atoms with Crippen LogP contribution in [0.5, 0.6) is 0 Å². The molecular weight excluding hydrogens is 266 g/mol. The Bertz CT molecular complexity index is 449. The lowest BCUT2D eigenvalue weighted by molar-refractivity contribution is 0.0483. The van der Waals surface area contributed by atoms with Crippen molar-refractivity contribution in [3.8, 4) is 0 Å². The second kappa shape index (κ2) is 8.47. The first-order chi connectivity index (χ1) is 9.90. The van der Waals surface area contributed by atoms with Crippen LogP contribution in [0, 0.1) is 0 Å². The number of ether oxygens (including phenoxy) is 1. The van der Waals surface area contributed by atoms with Crippen LogP contribution in [0.3, 0.4) is 0 Å². The van der Waals surface area contributed by atoms with Gasteiger partial charge in [-0.15, -0.1) is 0 Å². The van der Waals surface area contributed by atoms with Crippen LogP contribution in [0.25, 0.3) is 0 Å². The third-order valence-electron chi connectivity index (χ3n) is 2.72. The van der Waals surface area contributed by atoms with Gasteiger partial charge in [0.05, 0.1) is 12.6 Å². The topological polar surface area (TPSA) is 58.6 Å². The first kappa shape index (κ1) is 17.2. The minimum absolute atomic E-state index is 0.116. The molecule has 0 spiro atoms. The van der Waals surface area contributed by atoms with Crippen molar-refractivity contribution >= 4 is 6.09 Å². The normalized spacial score (nSPS) is 13.1. The van der Waals surface area contributed by atoms with Gasteiger partial charge in [0.1, 0.15) is 5.60 Å². The quantitative estimate of drug-likeness (QED) is 0.792. The van der Waals surface area contributed by atoms with Crippen molar-refractivity contribution in [1.82, 2.24) is 5.32 Å². The summed E-state index contributed by atoms with van der Waals surface area (Å²) in [5, 5.41) is 11.9. The molecule has 2 N–H and O–H groups in total. The molecule has 0 aromatic heterocycles. The Morgan fingerprint density at radius 2 is 1.95 bits per heavy atom. The van der Waals surface area contributed by atoms with E-state index in [4.69, 9.17) is 4.74 Å². The van der Waals surface area contributed by atoms with Gasteiger partial charge in [0, 0.05) is 0 Å². The van der Waals surface area contributed by atoms with Gasteiger partial charge in [0.2, 0.25) is 0 Å². The fourth-order valence-corrected chi connectivity index (χ4v) is 1.75. The van der Waals surface area contributed by atoms with E-state index in [0.29, 0.717) is 6.42 Å². The van der Waals surface area contributed by atoms with Gasteiger partial charge in [-0.25, -0.2) is 4.79 Å². The van der Waals surface area contributed by atoms with Crippen LogP contribution in [0.1, 0.15) is 32.8 Å². The van der Waals surface area contributed by atoms with E-state index >= 15 is 0 Å². The number of benzene rings is 1. The number of carbonyl (C=O) groups is 1. The van der Waals surface area contributed by atoms with Gasteiger partial charge < -0.3 is 15.2 Å². The highest BCUT2D eigenvalue weighted by molar-refractivity contribution is 5.68. The van der Waals surface area contributed by atoms with E-state index in [1.807, 2.05) is 30.4 Å². The number of rotatable bonds is 6. The van der Waals surface area contributed by atoms with E-state index in [1.54, 1.807) is 20.8 Å². The molecule has 1 rings (SSSR count). The molecule has 4 nitrogen and oxygen atoms in total. The van der Waals surface area contributed by atoms with Crippen molar-refractivity contribution in [1.29, 1.82) is 0 Å². The van der Waals surface area contributed by atoms with Gasteiger partial charge in [0.25, 0.3) is 0 Å². The molecular formula is C17H25NO3. The lowest BCUT2D eigenvalue weighted by Gasteiger charge is -2.22. The molecule has 0 unspecified atom stereocenters. The number of alkyl carbamates (subject to hydrolysis) is 1. The van der Waals surface area contributed by atoms with Crippen LogP contribution in [-0.2, 0) is 11.2 Å². The van der Waals surface area contributed by atoms with Crippen LogP contribution in [0.2, 0.25) is 0 Å². The van der Waals surface area contributed by atoms with Crippen molar-refractivity contribution in [2.24, 2.45) is 0 Å². The SMILES string of the molecule is CC(C)(C)OC(=O)N[C@H](CO)CC=CCc1ccccc1. The zero-order valence-electron chi connectivity index (χ0n) is 13.0. The lowest BCUT2D eigenvalue weighted by Crippen LogP contribution is -2.40. The summed E-state index contributed by atoms with van der Waals surface area (Å²) in [6, 6.07) is 9.79. The predicted octanol–water partition coefficient (Wildman–Crippen LogP) is 3.06. The number of hydrogen-bond acceptors (Lipinski definition) is 3. The van der Waals surface area contributed by atoms with E-state index < -0.39 is 11.7 Å².